The van der Waals surface area contributed by atoms with Crippen molar-refractivity contribution in [3.63, 3.8) is 0 Å². The van der Waals surface area contributed by atoms with Gasteiger partial charge in [0.2, 0.25) is 11.5 Å². The van der Waals surface area contributed by atoms with Crippen LogP contribution in [0.5, 0.6) is 17.2 Å². The Morgan fingerprint density at radius 1 is 0.966 bits per heavy atom. The molecule has 2 aromatic rings. The Balaban J connectivity index is 2.07. The third kappa shape index (κ3) is 5.60. The van der Waals surface area contributed by atoms with E-state index in [1.807, 2.05) is 19.1 Å². The molecule has 0 N–H and O–H groups in total. The molecule has 0 radical (unpaired) electrons. The first-order valence-electron chi connectivity index (χ1n) is 9.25. The highest BCUT2D eigenvalue weighted by Crippen LogP contribution is 2.38. The van der Waals surface area contributed by atoms with Gasteiger partial charge >= 0.3 is 5.97 Å². The number of methoxy groups -OCH3 is 3. The van der Waals surface area contributed by atoms with E-state index in [4.69, 9.17) is 18.9 Å². The van der Waals surface area contributed by atoms with Gasteiger partial charge in [-0.25, -0.2) is 4.79 Å². The van der Waals surface area contributed by atoms with Crippen LogP contribution in [0.4, 0.5) is 0 Å². The van der Waals surface area contributed by atoms with Gasteiger partial charge < -0.3 is 18.9 Å². The number of carbonyl (C=O) groups excluding carboxylic acids is 2. The zero-order valence-electron chi connectivity index (χ0n) is 17.4. The quantitative estimate of drug-likeness (QED) is 0.360. The fourth-order valence-electron chi connectivity index (χ4n) is 2.77. The number of aryl methyl sites for hydroxylation is 1. The van der Waals surface area contributed by atoms with E-state index in [0.717, 1.165) is 12.0 Å². The molecule has 0 heterocycles. The lowest BCUT2D eigenvalue weighted by Crippen LogP contribution is -2.23. The van der Waals surface area contributed by atoms with Crippen LogP contribution in [-0.2, 0) is 16.0 Å². The van der Waals surface area contributed by atoms with Crippen molar-refractivity contribution in [2.75, 3.05) is 21.3 Å². The van der Waals surface area contributed by atoms with Gasteiger partial charge in [0.25, 0.3) is 0 Å². The van der Waals surface area contributed by atoms with Crippen LogP contribution in [0.3, 0.4) is 0 Å². The van der Waals surface area contributed by atoms with Gasteiger partial charge in [-0.05, 0) is 42.7 Å². The van der Waals surface area contributed by atoms with E-state index in [0.29, 0.717) is 28.4 Å². The van der Waals surface area contributed by atoms with Crippen LogP contribution < -0.4 is 14.2 Å². The van der Waals surface area contributed by atoms with Crippen molar-refractivity contribution in [3.05, 3.63) is 59.2 Å². The van der Waals surface area contributed by atoms with Crippen molar-refractivity contribution in [2.24, 2.45) is 0 Å². The highest BCUT2D eigenvalue weighted by Gasteiger charge is 2.18. The predicted molar refractivity (Wildman–Crippen MR) is 111 cm³/mol. The van der Waals surface area contributed by atoms with E-state index in [2.05, 4.69) is 0 Å². The number of ether oxygens (including phenoxy) is 4. The van der Waals surface area contributed by atoms with E-state index in [9.17, 15) is 9.59 Å². The summed E-state index contributed by atoms with van der Waals surface area (Å²) in [4.78, 5) is 24.6. The Labute approximate surface area is 171 Å². The topological polar surface area (TPSA) is 71.1 Å². The molecule has 0 aliphatic heterocycles. The molecular formula is C23H26O6. The average Bonchev–Trinajstić information content (AvgIpc) is 2.76. The maximum atomic E-state index is 12.4. The summed E-state index contributed by atoms with van der Waals surface area (Å²) in [5.74, 6) is 0.535. The fraction of sp³-hybridized carbons (Fsp3) is 0.304. The number of benzene rings is 2. The molecule has 0 aliphatic carbocycles. The Bertz CT molecular complexity index is 858. The fourth-order valence-corrected chi connectivity index (χ4v) is 2.77. The largest absolute Gasteiger partial charge is 0.493 e. The van der Waals surface area contributed by atoms with Gasteiger partial charge in [0.15, 0.2) is 17.6 Å². The summed E-state index contributed by atoms with van der Waals surface area (Å²) in [6, 6.07) is 10.7. The zero-order valence-corrected chi connectivity index (χ0v) is 17.4. The number of rotatable bonds is 9. The molecule has 6 nitrogen and oxygen atoms in total. The predicted octanol–water partition coefficient (Wildman–Crippen LogP) is 4.10. The lowest BCUT2D eigenvalue weighted by atomic mass is 10.0. The van der Waals surface area contributed by atoms with Crippen LogP contribution in [-0.4, -0.2) is 39.2 Å². The molecule has 2 aromatic carbocycles. The lowest BCUT2D eigenvalue weighted by Gasteiger charge is -2.13. The lowest BCUT2D eigenvalue weighted by molar-refractivity contribution is -0.140. The SMILES string of the molecule is CCc1ccc(C(=O)[C@H](C)OC(=O)/C=C/c2cc(OC)c(OC)c(OC)c2)cc1. The summed E-state index contributed by atoms with van der Waals surface area (Å²) in [6.07, 6.45) is 2.81. The van der Waals surface area contributed by atoms with Gasteiger partial charge in [0, 0.05) is 11.6 Å². The van der Waals surface area contributed by atoms with Crippen molar-refractivity contribution in [2.45, 2.75) is 26.4 Å². The molecule has 0 aromatic heterocycles. The maximum Gasteiger partial charge on any atom is 0.331 e. The van der Waals surface area contributed by atoms with Crippen molar-refractivity contribution >= 4 is 17.8 Å². The van der Waals surface area contributed by atoms with Crippen LogP contribution >= 0.6 is 0 Å². The Hall–Kier alpha value is -3.28. The zero-order chi connectivity index (χ0) is 21.4. The van der Waals surface area contributed by atoms with Crippen molar-refractivity contribution in [1.29, 1.82) is 0 Å². The summed E-state index contributed by atoms with van der Waals surface area (Å²) in [5, 5.41) is 0. The van der Waals surface area contributed by atoms with Gasteiger partial charge in [-0.1, -0.05) is 31.2 Å². The second kappa shape index (κ2) is 10.3. The van der Waals surface area contributed by atoms with E-state index < -0.39 is 12.1 Å². The van der Waals surface area contributed by atoms with Crippen LogP contribution in [0.25, 0.3) is 6.08 Å². The van der Waals surface area contributed by atoms with Crippen LogP contribution in [0.2, 0.25) is 0 Å². The molecule has 2 rings (SSSR count). The van der Waals surface area contributed by atoms with Crippen LogP contribution in [0, 0.1) is 0 Å². The first kappa shape index (κ1) is 22.0. The van der Waals surface area contributed by atoms with E-state index >= 15 is 0 Å². The standard InChI is InChI=1S/C23H26O6/c1-6-16-7-10-18(11-8-16)22(25)15(2)29-21(24)12-9-17-13-19(26-3)23(28-5)20(14-17)27-4/h7-15H,6H2,1-5H3/b12-9+/t15-/m0/s1. The van der Waals surface area contributed by atoms with Crippen LogP contribution in [0.1, 0.15) is 35.3 Å². The normalized spacial score (nSPS) is 11.8. The van der Waals surface area contributed by atoms with E-state index in [1.165, 1.54) is 27.4 Å². The monoisotopic (exact) mass is 398 g/mol. The maximum absolute atomic E-state index is 12.4. The molecule has 154 valence electrons. The molecule has 1 atom stereocenters. The molecule has 0 aliphatic rings. The highest BCUT2D eigenvalue weighted by molar-refractivity contribution is 6.01. The molecule has 0 unspecified atom stereocenters. The summed E-state index contributed by atoms with van der Waals surface area (Å²) in [6.45, 7) is 3.60. The van der Waals surface area contributed by atoms with Crippen molar-refractivity contribution < 1.29 is 28.5 Å². The molecule has 0 saturated carbocycles. The van der Waals surface area contributed by atoms with Crippen LogP contribution in [0.15, 0.2) is 42.5 Å². The van der Waals surface area contributed by atoms with Gasteiger partial charge in [0.05, 0.1) is 21.3 Å². The molecule has 0 saturated heterocycles. The number of carbonyl (C=O) groups is 2. The molecule has 0 fully saturated rings. The van der Waals surface area contributed by atoms with E-state index in [1.54, 1.807) is 37.3 Å². The number of ketones is 1. The van der Waals surface area contributed by atoms with Gasteiger partial charge in [-0.3, -0.25) is 4.79 Å². The number of hydrogen-bond donors (Lipinski definition) is 0. The third-order valence-electron chi connectivity index (χ3n) is 4.41. The molecule has 29 heavy (non-hydrogen) atoms. The van der Waals surface area contributed by atoms with E-state index in [-0.39, 0.29) is 5.78 Å². The summed E-state index contributed by atoms with van der Waals surface area (Å²) in [7, 11) is 4.54. The molecule has 6 heteroatoms. The third-order valence-corrected chi connectivity index (χ3v) is 4.41. The highest BCUT2D eigenvalue weighted by atomic mass is 16.5. The molecule has 0 spiro atoms. The van der Waals surface area contributed by atoms with Crippen molar-refractivity contribution in [1.82, 2.24) is 0 Å². The smallest absolute Gasteiger partial charge is 0.331 e. The average molecular weight is 398 g/mol. The minimum Gasteiger partial charge on any atom is -0.493 e. The second-order valence-corrected chi connectivity index (χ2v) is 6.29. The second-order valence-electron chi connectivity index (χ2n) is 6.29. The summed E-state index contributed by atoms with van der Waals surface area (Å²) < 4.78 is 21.1. The van der Waals surface area contributed by atoms with Gasteiger partial charge in [0.1, 0.15) is 0 Å². The summed E-state index contributed by atoms with van der Waals surface area (Å²) >= 11 is 0. The Kier molecular flexibility index (Phi) is 7.83. The first-order valence-corrected chi connectivity index (χ1v) is 9.25. The Morgan fingerprint density at radius 3 is 2.03 bits per heavy atom. The van der Waals surface area contributed by atoms with Gasteiger partial charge in [-0.2, -0.15) is 0 Å². The number of hydrogen-bond acceptors (Lipinski definition) is 6. The first-order chi connectivity index (χ1) is 13.9. The van der Waals surface area contributed by atoms with Crippen molar-refractivity contribution in [3.8, 4) is 17.2 Å². The summed E-state index contributed by atoms with van der Waals surface area (Å²) in [5.41, 5.74) is 2.31. The minimum absolute atomic E-state index is 0.248. The number of Topliss-reactive ketones (excluding diaryl/α,β-unsaturated/α-hetero) is 1. The number of esters is 1. The molecular weight excluding hydrogens is 372 g/mol. The molecule has 0 bridgehead atoms. The minimum atomic E-state index is -0.889. The molecule has 0 amide bonds. The Morgan fingerprint density at radius 2 is 1.55 bits per heavy atom. The van der Waals surface area contributed by atoms with Gasteiger partial charge in [-0.15, -0.1) is 0 Å².